The number of hydrogen-bond donors (Lipinski definition) is 2. The predicted molar refractivity (Wildman–Crippen MR) is 79.2 cm³/mol. The van der Waals surface area contributed by atoms with Crippen molar-refractivity contribution in [3.05, 3.63) is 0 Å². The fourth-order valence-electron chi connectivity index (χ4n) is 2.50. The molecule has 2 aliphatic carbocycles. The average molecular weight is 337 g/mol. The first-order valence-corrected chi connectivity index (χ1v) is 6.39. The lowest BCUT2D eigenvalue weighted by molar-refractivity contribution is 0.412. The van der Waals surface area contributed by atoms with Crippen molar-refractivity contribution in [3.63, 3.8) is 0 Å². The predicted octanol–water partition coefficient (Wildman–Crippen LogP) is 2.64. The summed E-state index contributed by atoms with van der Waals surface area (Å²) in [7, 11) is 0. The van der Waals surface area contributed by atoms with Crippen LogP contribution in [0.5, 0.6) is 0 Å². The molecule has 0 amide bonds. The highest BCUT2D eigenvalue weighted by Crippen LogP contribution is 2.36. The minimum atomic E-state index is 0. The van der Waals surface area contributed by atoms with Crippen molar-refractivity contribution in [1.29, 1.82) is 0 Å². The van der Waals surface area contributed by atoms with Crippen LogP contribution < -0.4 is 11.1 Å². The van der Waals surface area contributed by atoms with E-state index in [0.717, 1.165) is 5.92 Å². The topological polar surface area (TPSA) is 50.4 Å². The van der Waals surface area contributed by atoms with Gasteiger partial charge in [0.1, 0.15) is 0 Å². The minimum Gasteiger partial charge on any atom is -0.370 e. The Hall–Kier alpha value is 0. The molecular weight excluding hydrogens is 313 g/mol. The van der Waals surface area contributed by atoms with E-state index in [0.29, 0.717) is 18.0 Å². The Morgan fingerprint density at radius 2 is 2.00 bits per heavy atom. The van der Waals surface area contributed by atoms with Crippen molar-refractivity contribution in [2.45, 2.75) is 64.0 Å². The molecule has 0 bridgehead atoms. The second-order valence-corrected chi connectivity index (χ2v) is 4.96. The van der Waals surface area contributed by atoms with Gasteiger partial charge < -0.3 is 11.1 Å². The van der Waals surface area contributed by atoms with Gasteiger partial charge in [-0.1, -0.05) is 32.6 Å². The molecule has 0 aliphatic heterocycles. The Balaban J connectivity index is 0.00000128. The molecule has 0 aromatic carbocycles. The zero-order valence-corrected chi connectivity index (χ0v) is 12.4. The number of aliphatic imine (C=N–C) groups is 1. The van der Waals surface area contributed by atoms with Crippen molar-refractivity contribution >= 4 is 29.9 Å². The van der Waals surface area contributed by atoms with E-state index in [4.69, 9.17) is 5.73 Å². The number of rotatable bonds is 3. The highest BCUT2D eigenvalue weighted by Gasteiger charge is 2.35. The average Bonchev–Trinajstić information content (AvgIpc) is 2.97. The van der Waals surface area contributed by atoms with Gasteiger partial charge in [-0.2, -0.15) is 0 Å². The normalized spacial score (nSPS) is 30.7. The van der Waals surface area contributed by atoms with Crippen molar-refractivity contribution < 1.29 is 0 Å². The molecule has 2 fully saturated rings. The van der Waals surface area contributed by atoms with E-state index >= 15 is 0 Å². The van der Waals surface area contributed by atoms with E-state index in [1.807, 2.05) is 0 Å². The van der Waals surface area contributed by atoms with Gasteiger partial charge in [0, 0.05) is 6.04 Å². The molecule has 0 aromatic heterocycles. The first-order chi connectivity index (χ1) is 7.29. The minimum absolute atomic E-state index is 0. The van der Waals surface area contributed by atoms with Crippen LogP contribution in [-0.2, 0) is 0 Å². The number of nitrogens with two attached hydrogens (primary N) is 1. The standard InChI is InChI=1S/C12H23N3.HI/c1-2-9-8-11(9)15-12(13)14-10-6-4-3-5-7-10;/h9-11H,2-8H2,1H3,(H3,13,14,15);1H/t9-,11-;/m1./s1. The van der Waals surface area contributed by atoms with Crippen molar-refractivity contribution in [2.24, 2.45) is 16.6 Å². The molecule has 0 heterocycles. The zero-order valence-electron chi connectivity index (χ0n) is 10.1. The van der Waals surface area contributed by atoms with Gasteiger partial charge in [-0.15, -0.1) is 24.0 Å². The zero-order chi connectivity index (χ0) is 10.7. The molecule has 2 saturated carbocycles. The third kappa shape index (κ3) is 4.11. The summed E-state index contributed by atoms with van der Waals surface area (Å²) in [6.45, 7) is 2.23. The first-order valence-electron chi connectivity index (χ1n) is 6.39. The Bertz CT molecular complexity index is 236. The van der Waals surface area contributed by atoms with E-state index in [2.05, 4.69) is 17.2 Å². The Kier molecular flexibility index (Phi) is 5.86. The number of hydrogen-bond acceptors (Lipinski definition) is 1. The lowest BCUT2D eigenvalue weighted by Crippen LogP contribution is -2.41. The quantitative estimate of drug-likeness (QED) is 0.473. The van der Waals surface area contributed by atoms with Crippen LogP contribution >= 0.6 is 24.0 Å². The van der Waals surface area contributed by atoms with Gasteiger partial charge in [-0.3, -0.25) is 0 Å². The molecule has 4 heteroatoms. The fourth-order valence-corrected chi connectivity index (χ4v) is 2.50. The maximum absolute atomic E-state index is 5.90. The summed E-state index contributed by atoms with van der Waals surface area (Å²) in [5, 5.41) is 3.36. The number of guanidine groups is 1. The van der Waals surface area contributed by atoms with Crippen LogP contribution in [0, 0.1) is 5.92 Å². The van der Waals surface area contributed by atoms with Crippen LogP contribution in [0.3, 0.4) is 0 Å². The SMILES string of the molecule is CC[C@@H]1C[C@H]1N=C(N)NC1CCCCC1.I. The van der Waals surface area contributed by atoms with E-state index in [9.17, 15) is 0 Å². The Morgan fingerprint density at radius 3 is 2.56 bits per heavy atom. The van der Waals surface area contributed by atoms with Gasteiger partial charge in [-0.05, 0) is 25.2 Å². The van der Waals surface area contributed by atoms with Crippen LogP contribution in [-0.4, -0.2) is 18.0 Å². The number of halogens is 1. The summed E-state index contributed by atoms with van der Waals surface area (Å²) in [6, 6.07) is 1.10. The molecule has 0 saturated heterocycles. The molecule has 0 unspecified atom stereocenters. The fraction of sp³-hybridized carbons (Fsp3) is 0.917. The molecule has 2 atom stereocenters. The number of nitrogens with zero attached hydrogens (tertiary/aromatic N) is 1. The van der Waals surface area contributed by atoms with Crippen LogP contribution in [0.4, 0.5) is 0 Å². The third-order valence-electron chi connectivity index (χ3n) is 3.67. The lowest BCUT2D eigenvalue weighted by atomic mass is 9.96. The highest BCUT2D eigenvalue weighted by atomic mass is 127. The van der Waals surface area contributed by atoms with Crippen LogP contribution in [0.15, 0.2) is 4.99 Å². The lowest BCUT2D eigenvalue weighted by Gasteiger charge is -2.23. The van der Waals surface area contributed by atoms with E-state index in [1.54, 1.807) is 0 Å². The van der Waals surface area contributed by atoms with E-state index < -0.39 is 0 Å². The summed E-state index contributed by atoms with van der Waals surface area (Å²) in [5.41, 5.74) is 5.90. The molecule has 3 nitrogen and oxygen atoms in total. The molecule has 0 aromatic rings. The highest BCUT2D eigenvalue weighted by molar-refractivity contribution is 14.0. The van der Waals surface area contributed by atoms with Crippen LogP contribution in [0.1, 0.15) is 51.9 Å². The van der Waals surface area contributed by atoms with Crippen molar-refractivity contribution in [1.82, 2.24) is 5.32 Å². The van der Waals surface area contributed by atoms with Gasteiger partial charge in [-0.25, -0.2) is 4.99 Å². The molecule has 0 radical (unpaired) electrons. The Labute approximate surface area is 116 Å². The maximum Gasteiger partial charge on any atom is 0.189 e. The second kappa shape index (κ2) is 6.67. The summed E-state index contributed by atoms with van der Waals surface area (Å²) in [4.78, 5) is 4.52. The Morgan fingerprint density at radius 1 is 1.31 bits per heavy atom. The molecule has 16 heavy (non-hydrogen) atoms. The van der Waals surface area contributed by atoms with Crippen LogP contribution in [0.25, 0.3) is 0 Å². The summed E-state index contributed by atoms with van der Waals surface area (Å²) >= 11 is 0. The van der Waals surface area contributed by atoms with E-state index in [1.165, 1.54) is 44.9 Å². The summed E-state index contributed by atoms with van der Waals surface area (Å²) in [5.74, 6) is 1.49. The van der Waals surface area contributed by atoms with Crippen molar-refractivity contribution in [3.8, 4) is 0 Å². The molecule has 2 rings (SSSR count). The van der Waals surface area contributed by atoms with Gasteiger partial charge in [0.05, 0.1) is 6.04 Å². The summed E-state index contributed by atoms with van der Waals surface area (Å²) in [6.07, 6.45) is 9.07. The maximum atomic E-state index is 5.90. The van der Waals surface area contributed by atoms with E-state index in [-0.39, 0.29) is 24.0 Å². The summed E-state index contributed by atoms with van der Waals surface area (Å²) < 4.78 is 0. The molecule has 2 aliphatic rings. The first kappa shape index (κ1) is 14.1. The van der Waals surface area contributed by atoms with Gasteiger partial charge >= 0.3 is 0 Å². The van der Waals surface area contributed by atoms with Crippen molar-refractivity contribution in [2.75, 3.05) is 0 Å². The smallest absolute Gasteiger partial charge is 0.189 e. The van der Waals surface area contributed by atoms with Gasteiger partial charge in [0.25, 0.3) is 0 Å². The third-order valence-corrected chi connectivity index (χ3v) is 3.67. The monoisotopic (exact) mass is 337 g/mol. The van der Waals surface area contributed by atoms with Gasteiger partial charge in [0.15, 0.2) is 5.96 Å². The second-order valence-electron chi connectivity index (χ2n) is 4.96. The molecule has 94 valence electrons. The molecule has 0 spiro atoms. The largest absolute Gasteiger partial charge is 0.370 e. The molecular formula is C12H24IN3. The number of nitrogens with one attached hydrogen (secondary N) is 1. The molecule has 3 N–H and O–H groups in total. The van der Waals surface area contributed by atoms with Gasteiger partial charge in [0.2, 0.25) is 0 Å². The van der Waals surface area contributed by atoms with Crippen LogP contribution in [0.2, 0.25) is 0 Å².